The van der Waals surface area contributed by atoms with Crippen LogP contribution in [0.3, 0.4) is 0 Å². The number of aliphatic hydroxyl groups excluding tert-OH is 6. The molecule has 0 radical (unpaired) electrons. The number of nitrogens with one attached hydrogen (secondary N) is 4. The zero-order valence-electron chi connectivity index (χ0n) is 67.9. The standard InChI is InChI=1S/C89H101Cl3N6O23/c1-42(2)27-43(3)85(113)97-77-65(105)31-52(34-72(93)107)86(114)95-75-51-32-69(117-67-24-19-49(29-59(67)91)78(108)58-38-63(103)55(37-66(75)106)48-18-23-61(101)56(28-48)74-57(35-54(100)36-64(74)104)76(96-87(58)115)62(102)11-9-10-26-98(6,7)8)82(70(33-51)118-68-25-20-50(79(77)109)30-60(68)92)121-88-83(81(111)80(110)71(41-99)119-88)120-73-39-89(5,84(112)44(4)116-73)94-40-45-12-14-46(15-13-45)47-16-21-53(90)22-17-47/h12-25,28-30,32-33,35-36,42-44,52,55,58,71,73,75-81,83-84,88,94,99,108-112H,9-11,26-27,31,34,37-41H2,1-8H3,(H7-,93,95,96,97,100,101,104,107,113,114,115)/p+1/t43?,44?,52?,55?,58?,71?,73?,75?,76?,77?,78?,79-,80?,81?,83?,84?,88?,89?/m0/s1. The van der Waals surface area contributed by atoms with Crippen molar-refractivity contribution >= 4 is 81.6 Å². The summed E-state index contributed by atoms with van der Waals surface area (Å²) in [6.45, 7) is 8.59. The van der Waals surface area contributed by atoms with Gasteiger partial charge in [0.05, 0.1) is 74.5 Å². The van der Waals surface area contributed by atoms with E-state index in [1.807, 2.05) is 71.4 Å². The predicted octanol–water partition coefficient (Wildman–Crippen LogP) is 9.73. The van der Waals surface area contributed by atoms with Crippen LogP contribution in [0.1, 0.15) is 156 Å². The fourth-order valence-corrected chi connectivity index (χ4v) is 16.9. The lowest BCUT2D eigenvalue weighted by Gasteiger charge is -2.48. The van der Waals surface area contributed by atoms with Gasteiger partial charge in [0.25, 0.3) is 0 Å². The highest BCUT2D eigenvalue weighted by atomic mass is 35.5. The highest BCUT2D eigenvalue weighted by Crippen LogP contribution is 2.51. The summed E-state index contributed by atoms with van der Waals surface area (Å²) in [7, 11) is 5.90. The molecule has 17 unspecified atom stereocenters. The molecule has 32 heteroatoms. The Labute approximate surface area is 713 Å². The van der Waals surface area contributed by atoms with E-state index in [2.05, 4.69) is 21.3 Å². The van der Waals surface area contributed by atoms with E-state index in [1.165, 1.54) is 48.5 Å². The number of carbonyl (C=O) groups is 8. The van der Waals surface area contributed by atoms with Crippen molar-refractivity contribution in [2.24, 2.45) is 29.4 Å². The number of ketones is 4. The van der Waals surface area contributed by atoms with Gasteiger partial charge in [0.1, 0.15) is 77.1 Å². The van der Waals surface area contributed by atoms with Gasteiger partial charge in [-0.25, -0.2) is 0 Å². The zero-order valence-corrected chi connectivity index (χ0v) is 70.2. The van der Waals surface area contributed by atoms with Crippen LogP contribution in [0.25, 0.3) is 22.3 Å². The SMILES string of the molecule is CC(C)CC(C)C(=O)NC1C(=O)CC(CC(N)=O)C(=O)NC2C(=O)CC3C(=O)CC(C(=O)NC(C(=O)CCCC[N+](C)(C)C)c4cc(O)cc(O)c4-c4cc3ccc4O)C(O)c3ccc(c(Cl)c3)Oc3cc2cc(c3OC2OC(CO)C(O)C(O)C2OC2CC(C)(NCc3ccc(-c4ccc(Cl)cc4)cc3)C(O)C(C)O2)Oc2ccc(cc2Cl)[C@@H]1O. The number of carbonyl (C=O) groups excluding carboxylic acids is 8. The van der Waals surface area contributed by atoms with Gasteiger partial charge in [0.15, 0.2) is 41.2 Å². The van der Waals surface area contributed by atoms with E-state index in [0.717, 1.165) is 47.0 Å². The average molecular weight is 1730 g/mol. The molecule has 646 valence electrons. The molecule has 0 aliphatic carbocycles. The lowest BCUT2D eigenvalue weighted by molar-refractivity contribution is -0.870. The number of primary amides is 1. The molecule has 7 heterocycles. The summed E-state index contributed by atoms with van der Waals surface area (Å²) in [5, 5.41) is 119. The van der Waals surface area contributed by atoms with Crippen LogP contribution in [0.15, 0.2) is 127 Å². The number of aromatic hydroxyl groups is 3. The molecule has 7 aliphatic heterocycles. The number of fused-ring (bicyclic) bond motifs is 15. The number of halogens is 3. The number of hydrogen-bond acceptors (Lipinski definition) is 24. The van der Waals surface area contributed by atoms with Crippen LogP contribution >= 0.6 is 34.8 Å². The van der Waals surface area contributed by atoms with E-state index in [1.54, 1.807) is 32.9 Å². The van der Waals surface area contributed by atoms with E-state index in [0.29, 0.717) is 35.3 Å². The first-order valence-corrected chi connectivity index (χ1v) is 41.3. The zero-order chi connectivity index (χ0) is 87.5. The van der Waals surface area contributed by atoms with Crippen molar-refractivity contribution in [1.29, 1.82) is 0 Å². The molecular weight excluding hydrogens is 1630 g/mol. The van der Waals surface area contributed by atoms with Crippen LogP contribution in [0, 0.1) is 23.7 Å². The van der Waals surface area contributed by atoms with E-state index >= 15 is 24.0 Å². The Balaban J connectivity index is 1.04. The van der Waals surface area contributed by atoms with Gasteiger partial charge in [-0.05, 0) is 150 Å². The number of hydrogen-bond donors (Lipinski definition) is 14. The van der Waals surface area contributed by atoms with Gasteiger partial charge in [-0.1, -0.05) is 110 Å². The van der Waals surface area contributed by atoms with Gasteiger partial charge in [0, 0.05) is 84.7 Å². The second kappa shape index (κ2) is 38.0. The number of amides is 4. The molecule has 2 saturated heterocycles. The summed E-state index contributed by atoms with van der Waals surface area (Å²) >= 11 is 20.7. The number of nitrogens with two attached hydrogens (primary N) is 1. The number of Topliss-reactive ketones (excluding diaryl/α,β-unsaturated/α-hetero) is 4. The lowest BCUT2D eigenvalue weighted by atomic mass is 9.79. The van der Waals surface area contributed by atoms with Gasteiger partial charge in [0.2, 0.25) is 35.7 Å². The molecule has 15 N–H and O–H groups in total. The molecule has 7 aromatic carbocycles. The van der Waals surface area contributed by atoms with E-state index in [-0.39, 0.29) is 85.8 Å². The summed E-state index contributed by atoms with van der Waals surface area (Å²) in [6, 6.07) is 24.8. The van der Waals surface area contributed by atoms with Crippen molar-refractivity contribution in [2.45, 2.75) is 190 Å². The minimum atomic E-state index is -2.15. The lowest BCUT2D eigenvalue weighted by Crippen LogP contribution is -2.65. The Morgan fingerprint density at radius 1 is 0.678 bits per heavy atom. The number of unbranched alkanes of at least 4 members (excludes halogenated alkanes) is 1. The molecule has 4 amide bonds. The number of phenolic OH excluding ortho intramolecular Hbond substituents is 3. The van der Waals surface area contributed by atoms with Gasteiger partial charge in [-0.3, -0.25) is 38.4 Å². The number of ether oxygens (including phenoxy) is 6. The molecule has 18 atom stereocenters. The molecular formula is C89H102Cl3N6O23+. The summed E-state index contributed by atoms with van der Waals surface area (Å²) in [5.41, 5.74) is 5.92. The number of aliphatic hydroxyl groups is 6. The molecule has 0 saturated carbocycles. The van der Waals surface area contributed by atoms with Gasteiger partial charge >= 0.3 is 0 Å². The molecule has 2 fully saturated rings. The second-order valence-electron chi connectivity index (χ2n) is 33.7. The monoisotopic (exact) mass is 1730 g/mol. The van der Waals surface area contributed by atoms with Crippen molar-refractivity contribution in [3.05, 3.63) is 176 Å². The highest BCUT2D eigenvalue weighted by Gasteiger charge is 2.52. The third-order valence-electron chi connectivity index (χ3n) is 22.9. The number of rotatable bonds is 21. The summed E-state index contributed by atoms with van der Waals surface area (Å²) in [5.74, 6) is -18.3. The van der Waals surface area contributed by atoms with Crippen molar-refractivity contribution in [2.75, 3.05) is 34.3 Å². The fraction of sp³-hybridized carbons (Fsp3) is 0.438. The summed E-state index contributed by atoms with van der Waals surface area (Å²) < 4.78 is 40.5. The Morgan fingerprint density at radius 3 is 1.92 bits per heavy atom. The molecule has 14 rings (SSSR count). The van der Waals surface area contributed by atoms with Gasteiger partial charge in [-0.2, -0.15) is 0 Å². The number of phenols is 3. The van der Waals surface area contributed by atoms with E-state index in [9.17, 15) is 60.3 Å². The van der Waals surface area contributed by atoms with E-state index in [4.69, 9.17) is 69.0 Å². The summed E-state index contributed by atoms with van der Waals surface area (Å²) in [6.07, 6.45) is -20.0. The van der Waals surface area contributed by atoms with Crippen LogP contribution in [-0.4, -0.2) is 192 Å². The Morgan fingerprint density at radius 2 is 1.31 bits per heavy atom. The predicted molar refractivity (Wildman–Crippen MR) is 443 cm³/mol. The van der Waals surface area contributed by atoms with Crippen molar-refractivity contribution in [1.82, 2.24) is 21.3 Å². The topological polar surface area (TPSA) is 448 Å². The van der Waals surface area contributed by atoms with Crippen LogP contribution in [0.2, 0.25) is 15.1 Å². The first-order valence-electron chi connectivity index (χ1n) is 40.1. The number of quaternary nitrogens is 1. The number of benzene rings is 7. The van der Waals surface area contributed by atoms with Crippen LogP contribution in [0.4, 0.5) is 0 Å². The van der Waals surface area contributed by atoms with Crippen LogP contribution in [0.5, 0.6) is 46.0 Å². The maximum absolute atomic E-state index is 16.5. The Hall–Kier alpha value is -9.67. The highest BCUT2D eigenvalue weighted by molar-refractivity contribution is 6.32. The first kappa shape index (κ1) is 90.6. The minimum Gasteiger partial charge on any atom is -0.508 e. The second-order valence-corrected chi connectivity index (χ2v) is 35.0. The third-order valence-corrected chi connectivity index (χ3v) is 23.8. The minimum absolute atomic E-state index is 0.0194. The molecule has 0 spiro atoms. The van der Waals surface area contributed by atoms with Gasteiger partial charge in [-0.15, -0.1) is 0 Å². The van der Waals surface area contributed by atoms with Gasteiger partial charge < -0.3 is 106 Å². The average Bonchev–Trinajstić information content (AvgIpc) is 0.765. The normalized spacial score (nSPS) is 26.8. The third kappa shape index (κ3) is 21.0. The first-order chi connectivity index (χ1) is 57.2. The molecule has 29 nitrogen and oxygen atoms in total. The molecule has 11 bridgehead atoms. The van der Waals surface area contributed by atoms with Crippen LogP contribution in [-0.2, 0) is 59.1 Å². The molecule has 7 aliphatic rings. The summed E-state index contributed by atoms with van der Waals surface area (Å²) in [4.78, 5) is 121. The Bertz CT molecular complexity index is 5050. The molecule has 7 aromatic rings. The van der Waals surface area contributed by atoms with E-state index < -0.39 is 222 Å². The van der Waals surface area contributed by atoms with Crippen molar-refractivity contribution in [3.8, 4) is 68.2 Å². The molecule has 121 heavy (non-hydrogen) atoms. The number of nitrogens with zero attached hydrogens (tertiary/aromatic N) is 1. The quantitative estimate of drug-likeness (QED) is 0.0235. The van der Waals surface area contributed by atoms with Crippen molar-refractivity contribution < 1.29 is 117 Å². The maximum Gasteiger partial charge on any atom is 0.230 e. The smallest absolute Gasteiger partial charge is 0.230 e. The largest absolute Gasteiger partial charge is 0.508 e. The molecule has 0 aromatic heterocycles. The fourth-order valence-electron chi connectivity index (χ4n) is 16.3. The Kier molecular flexibility index (Phi) is 28.4. The van der Waals surface area contributed by atoms with Crippen molar-refractivity contribution in [3.63, 3.8) is 0 Å². The maximum atomic E-state index is 16.5. The van der Waals surface area contributed by atoms with Crippen LogP contribution < -0.4 is 41.2 Å².